The van der Waals surface area contributed by atoms with E-state index in [0.29, 0.717) is 18.4 Å². The van der Waals surface area contributed by atoms with Crippen LogP contribution in [0.1, 0.15) is 49.2 Å². The van der Waals surface area contributed by atoms with Gasteiger partial charge in [-0.2, -0.15) is 0 Å². The molecule has 2 aromatic rings. The summed E-state index contributed by atoms with van der Waals surface area (Å²) in [6, 6.07) is 0.486. The molecule has 1 saturated carbocycles. The fraction of sp³-hybridized carbons (Fsp3) is 0.611. The Balaban J connectivity index is 1.30. The molecular weight excluding hydrogens is 334 g/mol. The molecular formula is C18H25N5OS. The Morgan fingerprint density at radius 3 is 2.80 bits per heavy atom. The Labute approximate surface area is 151 Å². The summed E-state index contributed by atoms with van der Waals surface area (Å²) in [6.07, 6.45) is 8.16. The largest absolute Gasteiger partial charge is 0.352 e. The summed E-state index contributed by atoms with van der Waals surface area (Å²) in [6.45, 7) is 5.26. The Morgan fingerprint density at radius 1 is 1.28 bits per heavy atom. The second kappa shape index (κ2) is 7.25. The third-order valence-corrected chi connectivity index (χ3v) is 6.15. The Hall–Kier alpha value is -1.73. The van der Waals surface area contributed by atoms with E-state index in [1.54, 1.807) is 28.3 Å². The van der Waals surface area contributed by atoms with Gasteiger partial charge in [-0.25, -0.2) is 9.97 Å². The maximum atomic E-state index is 12.4. The number of anilines is 1. The highest BCUT2D eigenvalue weighted by atomic mass is 32.1. The Bertz CT molecular complexity index is 774. The fourth-order valence-electron chi connectivity index (χ4n) is 3.37. The van der Waals surface area contributed by atoms with E-state index in [9.17, 15) is 4.79 Å². The fourth-order valence-corrected chi connectivity index (χ4v) is 4.36. The summed E-state index contributed by atoms with van der Waals surface area (Å²) < 4.78 is 1.71. The van der Waals surface area contributed by atoms with Crippen LogP contribution in [0.5, 0.6) is 0 Å². The molecule has 0 amide bonds. The van der Waals surface area contributed by atoms with E-state index in [1.165, 1.54) is 23.5 Å². The number of hydrogen-bond donors (Lipinski definition) is 1. The van der Waals surface area contributed by atoms with Crippen molar-refractivity contribution < 1.29 is 0 Å². The summed E-state index contributed by atoms with van der Waals surface area (Å²) in [4.78, 5) is 23.6. The highest BCUT2D eigenvalue weighted by molar-refractivity contribution is 7.09. The van der Waals surface area contributed by atoms with Crippen molar-refractivity contribution in [2.24, 2.45) is 0 Å². The first-order valence-corrected chi connectivity index (χ1v) is 10.1. The SMILES string of the molecule is CCn1ccnc(N2CCC(NCc3csc(C4CC4)n3)CC2)c1=O. The van der Waals surface area contributed by atoms with Gasteiger partial charge in [0.15, 0.2) is 5.82 Å². The van der Waals surface area contributed by atoms with Crippen LogP contribution >= 0.6 is 11.3 Å². The lowest BCUT2D eigenvalue weighted by atomic mass is 10.1. The molecule has 2 fully saturated rings. The molecule has 1 aliphatic carbocycles. The van der Waals surface area contributed by atoms with E-state index in [4.69, 9.17) is 4.98 Å². The van der Waals surface area contributed by atoms with Crippen LogP contribution in [-0.4, -0.2) is 33.7 Å². The first-order chi connectivity index (χ1) is 12.2. The van der Waals surface area contributed by atoms with Gasteiger partial charge in [0.1, 0.15) is 0 Å². The van der Waals surface area contributed by atoms with Crippen molar-refractivity contribution in [3.63, 3.8) is 0 Å². The number of nitrogens with zero attached hydrogens (tertiary/aromatic N) is 4. The third kappa shape index (κ3) is 3.77. The first-order valence-electron chi connectivity index (χ1n) is 9.22. The molecule has 25 heavy (non-hydrogen) atoms. The number of nitrogens with one attached hydrogen (secondary N) is 1. The van der Waals surface area contributed by atoms with Crippen molar-refractivity contribution in [2.45, 2.75) is 57.7 Å². The van der Waals surface area contributed by atoms with E-state index >= 15 is 0 Å². The lowest BCUT2D eigenvalue weighted by Crippen LogP contribution is -2.44. The van der Waals surface area contributed by atoms with Crippen molar-refractivity contribution in [3.05, 3.63) is 38.8 Å². The summed E-state index contributed by atoms with van der Waals surface area (Å²) >= 11 is 1.80. The molecule has 0 radical (unpaired) electrons. The highest BCUT2D eigenvalue weighted by Crippen LogP contribution is 2.41. The average molecular weight is 359 g/mol. The number of rotatable bonds is 6. The molecule has 2 aliphatic rings. The van der Waals surface area contributed by atoms with Gasteiger partial charge in [0.2, 0.25) is 0 Å². The maximum absolute atomic E-state index is 12.4. The zero-order valence-corrected chi connectivity index (χ0v) is 15.5. The quantitative estimate of drug-likeness (QED) is 0.858. The minimum atomic E-state index is 0.0199. The molecule has 0 unspecified atom stereocenters. The molecule has 4 rings (SSSR count). The number of thiazole rings is 1. The van der Waals surface area contributed by atoms with Crippen molar-refractivity contribution in [1.82, 2.24) is 19.9 Å². The van der Waals surface area contributed by atoms with Gasteiger partial charge in [0.05, 0.1) is 10.7 Å². The van der Waals surface area contributed by atoms with Gasteiger partial charge in [-0.1, -0.05) is 0 Å². The van der Waals surface area contributed by atoms with Crippen LogP contribution in [0.3, 0.4) is 0 Å². The predicted octanol–water partition coefficient (Wildman–Crippen LogP) is 2.36. The minimum absolute atomic E-state index is 0.0199. The Kier molecular flexibility index (Phi) is 4.85. The molecule has 0 bridgehead atoms. The number of piperidine rings is 1. The van der Waals surface area contributed by atoms with Crippen LogP contribution in [0.2, 0.25) is 0 Å². The van der Waals surface area contributed by atoms with Gasteiger partial charge in [0, 0.05) is 55.9 Å². The van der Waals surface area contributed by atoms with Crippen LogP contribution in [0.15, 0.2) is 22.6 Å². The molecule has 0 atom stereocenters. The lowest BCUT2D eigenvalue weighted by molar-refractivity contribution is 0.410. The van der Waals surface area contributed by atoms with Crippen molar-refractivity contribution in [2.75, 3.05) is 18.0 Å². The maximum Gasteiger partial charge on any atom is 0.293 e. The van der Waals surface area contributed by atoms with E-state index in [1.807, 2.05) is 6.92 Å². The molecule has 0 aromatic carbocycles. The van der Waals surface area contributed by atoms with E-state index in [2.05, 4.69) is 20.6 Å². The summed E-state index contributed by atoms with van der Waals surface area (Å²) in [5.74, 6) is 1.34. The van der Waals surface area contributed by atoms with E-state index in [-0.39, 0.29) is 5.56 Å². The average Bonchev–Trinajstić information content (AvgIpc) is 3.39. The molecule has 0 spiro atoms. The molecule has 6 nitrogen and oxygen atoms in total. The number of aryl methyl sites for hydroxylation is 1. The number of hydrogen-bond acceptors (Lipinski definition) is 6. The van der Waals surface area contributed by atoms with Gasteiger partial charge in [-0.05, 0) is 32.6 Å². The van der Waals surface area contributed by atoms with Crippen LogP contribution in [0, 0.1) is 0 Å². The van der Waals surface area contributed by atoms with Gasteiger partial charge in [-0.3, -0.25) is 4.79 Å². The predicted molar refractivity (Wildman–Crippen MR) is 100 cm³/mol. The van der Waals surface area contributed by atoms with Crippen LogP contribution in [-0.2, 0) is 13.1 Å². The third-order valence-electron chi connectivity index (χ3n) is 5.10. The second-order valence-corrected chi connectivity index (χ2v) is 7.83. The topological polar surface area (TPSA) is 63.1 Å². The van der Waals surface area contributed by atoms with Crippen molar-refractivity contribution >= 4 is 17.2 Å². The lowest BCUT2D eigenvalue weighted by Gasteiger charge is -2.32. The van der Waals surface area contributed by atoms with E-state index < -0.39 is 0 Å². The van der Waals surface area contributed by atoms with E-state index in [0.717, 1.165) is 38.4 Å². The molecule has 1 N–H and O–H groups in total. The van der Waals surface area contributed by atoms with Crippen LogP contribution in [0.25, 0.3) is 0 Å². The first kappa shape index (κ1) is 16.7. The molecule has 1 aliphatic heterocycles. The highest BCUT2D eigenvalue weighted by Gasteiger charge is 2.27. The summed E-state index contributed by atoms with van der Waals surface area (Å²) in [5, 5.41) is 7.14. The van der Waals surface area contributed by atoms with Gasteiger partial charge < -0.3 is 14.8 Å². The van der Waals surface area contributed by atoms with Crippen molar-refractivity contribution in [3.8, 4) is 0 Å². The number of aromatic nitrogens is 3. The van der Waals surface area contributed by atoms with Crippen LogP contribution < -0.4 is 15.8 Å². The minimum Gasteiger partial charge on any atom is -0.352 e. The monoisotopic (exact) mass is 359 g/mol. The standard InChI is InChI=1S/C18H25N5OS/c1-2-22-10-7-19-16(18(22)24)23-8-5-14(6-9-23)20-11-15-12-25-17(21-15)13-3-4-13/h7,10,12-14,20H,2-6,8-9,11H2,1H3. The second-order valence-electron chi connectivity index (χ2n) is 6.94. The molecule has 134 valence electrons. The van der Waals surface area contributed by atoms with Crippen LogP contribution in [0.4, 0.5) is 5.82 Å². The molecule has 1 saturated heterocycles. The zero-order chi connectivity index (χ0) is 17.2. The smallest absolute Gasteiger partial charge is 0.293 e. The van der Waals surface area contributed by atoms with Crippen molar-refractivity contribution in [1.29, 1.82) is 0 Å². The molecule has 7 heteroatoms. The summed E-state index contributed by atoms with van der Waals surface area (Å²) in [7, 11) is 0. The zero-order valence-electron chi connectivity index (χ0n) is 14.6. The Morgan fingerprint density at radius 2 is 2.08 bits per heavy atom. The van der Waals surface area contributed by atoms with Gasteiger partial charge >= 0.3 is 0 Å². The summed E-state index contributed by atoms with van der Waals surface area (Å²) in [5.41, 5.74) is 1.19. The van der Waals surface area contributed by atoms with Gasteiger partial charge in [0.25, 0.3) is 5.56 Å². The molecule has 2 aromatic heterocycles. The molecule has 3 heterocycles. The van der Waals surface area contributed by atoms with Gasteiger partial charge in [-0.15, -0.1) is 11.3 Å². The normalized spacial score (nSPS) is 18.7.